The van der Waals surface area contributed by atoms with Crippen molar-refractivity contribution in [1.29, 1.82) is 0 Å². The van der Waals surface area contributed by atoms with E-state index in [0.29, 0.717) is 32.7 Å². The molecule has 0 aromatic heterocycles. The number of carbonyl (C=O) groups excluding carboxylic acids is 3. The Morgan fingerprint density at radius 3 is 2.33 bits per heavy atom. The first-order valence-corrected chi connectivity index (χ1v) is 15.9. The Bertz CT molecular complexity index is 1440. The normalized spacial score (nSPS) is 30.6. The largest absolute Gasteiger partial charge is 0.494 e. The highest BCUT2D eigenvalue weighted by Crippen LogP contribution is 2.66. The Balaban J connectivity index is 1.42. The predicted molar refractivity (Wildman–Crippen MR) is 168 cm³/mol. The molecule has 0 bridgehead atoms. The van der Waals surface area contributed by atoms with Crippen molar-refractivity contribution >= 4 is 35.2 Å². The maximum atomic E-state index is 14.6. The fourth-order valence-electron chi connectivity index (χ4n) is 7.38. The summed E-state index contributed by atoms with van der Waals surface area (Å²) in [5.41, 5.74) is 1.73. The Morgan fingerprint density at radius 1 is 0.930 bits per heavy atom. The minimum Gasteiger partial charge on any atom is -0.494 e. The first kappa shape index (κ1) is 29.5. The van der Waals surface area contributed by atoms with Crippen molar-refractivity contribution in [2.24, 2.45) is 11.8 Å². The number of fused-ring (bicyclic) bond motifs is 2. The molecular formula is C34H39N3O5S. The molecule has 43 heavy (non-hydrogen) atoms. The molecule has 4 aliphatic rings. The molecule has 1 spiro atoms. The Morgan fingerprint density at radius 2 is 1.65 bits per heavy atom. The molecule has 6 atom stereocenters. The second kappa shape index (κ2) is 11.5. The molecule has 3 amide bonds. The second-order valence-electron chi connectivity index (χ2n) is 11.9. The zero-order valence-electron chi connectivity index (χ0n) is 24.9. The van der Waals surface area contributed by atoms with E-state index in [9.17, 15) is 19.5 Å². The van der Waals surface area contributed by atoms with Gasteiger partial charge in [-0.2, -0.15) is 0 Å². The standard InChI is InChI=1S/C34H39N3O5S/c1-4-24(22-38)37-29-32(41)35(21-23-11-7-6-8-12-23)19-10-18-34(29)28(31(37)40)27-30(39)36(20-9-17-33(27,3)43-34)25-13-15-26(16-14-25)42-5-2/h6-18,24,27-29,38H,4-5,19-22H2,1-3H3/t24-,27+,28-,29?,33-,34-/m0/s1. The van der Waals surface area contributed by atoms with Crippen LogP contribution >= 0.6 is 11.8 Å². The van der Waals surface area contributed by atoms with Gasteiger partial charge in [0.1, 0.15) is 11.8 Å². The summed E-state index contributed by atoms with van der Waals surface area (Å²) in [7, 11) is 0. The van der Waals surface area contributed by atoms with Gasteiger partial charge < -0.3 is 24.5 Å². The van der Waals surface area contributed by atoms with Gasteiger partial charge in [0, 0.05) is 30.1 Å². The first-order valence-electron chi connectivity index (χ1n) is 15.1. The van der Waals surface area contributed by atoms with Crippen LogP contribution in [0, 0.1) is 11.8 Å². The van der Waals surface area contributed by atoms with E-state index in [2.05, 4.69) is 6.08 Å². The summed E-state index contributed by atoms with van der Waals surface area (Å²) < 4.78 is 3.94. The minimum atomic E-state index is -0.955. The second-order valence-corrected chi connectivity index (χ2v) is 13.7. The lowest BCUT2D eigenvalue weighted by atomic mass is 9.74. The zero-order chi connectivity index (χ0) is 30.4. The third-order valence-electron chi connectivity index (χ3n) is 9.33. The van der Waals surface area contributed by atoms with Crippen LogP contribution in [0.25, 0.3) is 0 Å². The van der Waals surface area contributed by atoms with Crippen LogP contribution in [-0.2, 0) is 20.9 Å². The molecular weight excluding hydrogens is 562 g/mol. The highest BCUT2D eigenvalue weighted by atomic mass is 32.2. The highest BCUT2D eigenvalue weighted by Gasteiger charge is 2.74. The number of carbonyl (C=O) groups is 3. The van der Waals surface area contributed by atoms with E-state index in [1.54, 1.807) is 26.5 Å². The van der Waals surface area contributed by atoms with E-state index in [1.807, 2.05) is 93.6 Å². The fourth-order valence-corrected chi connectivity index (χ4v) is 9.53. The van der Waals surface area contributed by atoms with E-state index in [0.717, 1.165) is 17.0 Å². The number of hydrogen-bond donors (Lipinski definition) is 1. The van der Waals surface area contributed by atoms with Crippen molar-refractivity contribution in [1.82, 2.24) is 9.80 Å². The third kappa shape index (κ3) is 4.77. The van der Waals surface area contributed by atoms with E-state index in [4.69, 9.17) is 4.74 Å². The zero-order valence-corrected chi connectivity index (χ0v) is 25.7. The van der Waals surface area contributed by atoms with E-state index < -0.39 is 33.4 Å². The van der Waals surface area contributed by atoms with Crippen LogP contribution < -0.4 is 9.64 Å². The Kier molecular flexibility index (Phi) is 7.89. The number of likely N-dealkylation sites (tertiary alicyclic amines) is 1. The van der Waals surface area contributed by atoms with Gasteiger partial charge >= 0.3 is 0 Å². The number of aliphatic hydroxyl groups excluding tert-OH is 1. The van der Waals surface area contributed by atoms with Crippen LogP contribution in [0.15, 0.2) is 78.9 Å². The minimum absolute atomic E-state index is 0.136. The quantitative estimate of drug-likeness (QED) is 0.460. The molecule has 2 aromatic rings. The molecule has 0 saturated carbocycles. The van der Waals surface area contributed by atoms with Gasteiger partial charge in [-0.05, 0) is 50.1 Å². The van der Waals surface area contributed by atoms with E-state index >= 15 is 0 Å². The molecule has 4 heterocycles. The summed E-state index contributed by atoms with van der Waals surface area (Å²) >= 11 is 1.56. The molecule has 4 aliphatic heterocycles. The monoisotopic (exact) mass is 601 g/mol. The van der Waals surface area contributed by atoms with Crippen LogP contribution in [0.4, 0.5) is 5.69 Å². The van der Waals surface area contributed by atoms with Crippen molar-refractivity contribution in [2.45, 2.75) is 55.3 Å². The molecule has 0 radical (unpaired) electrons. The maximum Gasteiger partial charge on any atom is 0.247 e. The lowest BCUT2D eigenvalue weighted by Crippen LogP contribution is -2.56. The molecule has 8 nitrogen and oxygen atoms in total. The summed E-state index contributed by atoms with van der Waals surface area (Å²) in [6, 6.07) is 15.9. The number of rotatable bonds is 8. The SMILES string of the molecule is CCOc1ccc(N2CC=C[C@]3(C)S[C@]45C=CCN(Cc6ccccc6)C(=O)C4N([C@@H](CC)CO)C(=O)[C@@H]5[C@@H]3C2=O)cc1. The summed E-state index contributed by atoms with van der Waals surface area (Å²) in [4.78, 5) is 48.9. The van der Waals surface area contributed by atoms with Crippen LogP contribution in [0.5, 0.6) is 5.75 Å². The summed E-state index contributed by atoms with van der Waals surface area (Å²) in [6.07, 6.45) is 8.58. The third-order valence-corrected chi connectivity index (χ3v) is 11.1. The Hall–Kier alpha value is -3.56. The molecule has 2 saturated heterocycles. The molecule has 6 rings (SSSR count). The summed E-state index contributed by atoms with van der Waals surface area (Å²) in [6.45, 7) is 7.36. The van der Waals surface area contributed by atoms with Crippen molar-refractivity contribution in [2.75, 3.05) is 31.2 Å². The van der Waals surface area contributed by atoms with Crippen LogP contribution in [0.1, 0.15) is 32.8 Å². The molecule has 1 N–H and O–H groups in total. The van der Waals surface area contributed by atoms with Gasteiger partial charge in [-0.15, -0.1) is 11.8 Å². The van der Waals surface area contributed by atoms with Gasteiger partial charge in [-0.3, -0.25) is 14.4 Å². The van der Waals surface area contributed by atoms with Crippen molar-refractivity contribution in [3.8, 4) is 5.75 Å². The van der Waals surface area contributed by atoms with Crippen molar-refractivity contribution in [3.63, 3.8) is 0 Å². The lowest BCUT2D eigenvalue weighted by Gasteiger charge is -2.39. The number of ether oxygens (including phenoxy) is 1. The Labute approximate surface area is 257 Å². The van der Waals surface area contributed by atoms with Gasteiger partial charge in [0.2, 0.25) is 17.7 Å². The topological polar surface area (TPSA) is 90.4 Å². The van der Waals surface area contributed by atoms with Crippen LogP contribution in [0.3, 0.4) is 0 Å². The van der Waals surface area contributed by atoms with Crippen LogP contribution in [0.2, 0.25) is 0 Å². The molecule has 9 heteroatoms. The lowest BCUT2D eigenvalue weighted by molar-refractivity contribution is -0.146. The van der Waals surface area contributed by atoms with E-state index in [-0.39, 0.29) is 24.3 Å². The van der Waals surface area contributed by atoms with Gasteiger partial charge in [0.25, 0.3) is 0 Å². The molecule has 226 valence electrons. The predicted octanol–water partition coefficient (Wildman–Crippen LogP) is 4.05. The average molecular weight is 602 g/mol. The van der Waals surface area contributed by atoms with Gasteiger partial charge in [0.15, 0.2) is 0 Å². The molecule has 0 aliphatic carbocycles. The maximum absolute atomic E-state index is 14.6. The van der Waals surface area contributed by atoms with Crippen molar-refractivity contribution < 1.29 is 24.2 Å². The molecule has 2 aromatic carbocycles. The van der Waals surface area contributed by atoms with Gasteiger partial charge in [0.05, 0.1) is 35.8 Å². The number of anilines is 1. The van der Waals surface area contributed by atoms with E-state index in [1.165, 1.54) is 0 Å². The fraction of sp³-hybridized carbons (Fsp3) is 0.441. The number of hydrogen-bond acceptors (Lipinski definition) is 6. The number of aliphatic hydroxyl groups is 1. The van der Waals surface area contributed by atoms with Crippen LogP contribution in [-0.4, -0.2) is 80.5 Å². The smallest absolute Gasteiger partial charge is 0.247 e. The molecule has 2 fully saturated rings. The average Bonchev–Trinajstić information content (AvgIpc) is 3.28. The summed E-state index contributed by atoms with van der Waals surface area (Å²) in [5, 5.41) is 10.4. The van der Waals surface area contributed by atoms with Gasteiger partial charge in [-0.25, -0.2) is 0 Å². The highest BCUT2D eigenvalue weighted by molar-refractivity contribution is 8.02. The number of nitrogens with zero attached hydrogens (tertiary/aromatic N) is 3. The summed E-state index contributed by atoms with van der Waals surface area (Å²) in [5.74, 6) is -1.25. The number of benzene rings is 2. The number of thioether (sulfide) groups is 1. The first-order chi connectivity index (χ1) is 20.8. The molecule has 1 unspecified atom stereocenters. The van der Waals surface area contributed by atoms with Crippen molar-refractivity contribution in [3.05, 3.63) is 84.5 Å². The van der Waals surface area contributed by atoms with Gasteiger partial charge in [-0.1, -0.05) is 61.6 Å². The number of amides is 3.